The van der Waals surface area contributed by atoms with E-state index in [0.29, 0.717) is 23.7 Å². The third-order valence-electron chi connectivity index (χ3n) is 6.56. The zero-order chi connectivity index (χ0) is 17.7. The molecule has 0 aromatic rings. The quantitative estimate of drug-likeness (QED) is 0.618. The van der Waals surface area contributed by atoms with Gasteiger partial charge in [-0.3, -0.25) is 4.79 Å². The summed E-state index contributed by atoms with van der Waals surface area (Å²) in [6.45, 7) is 13.1. The first-order chi connectivity index (χ1) is 11.1. The van der Waals surface area contributed by atoms with Crippen LogP contribution >= 0.6 is 0 Å². The fourth-order valence-corrected chi connectivity index (χ4v) is 6.19. The summed E-state index contributed by atoms with van der Waals surface area (Å²) in [5.41, 5.74) is -0.254. The Hall–Kier alpha value is -0.790. The second-order valence-corrected chi connectivity index (χ2v) is 10.5. The minimum Gasteiger partial charge on any atom is -0.333 e. The van der Waals surface area contributed by atoms with Crippen LogP contribution in [0.15, 0.2) is 12.2 Å². The van der Waals surface area contributed by atoms with Gasteiger partial charge in [0.05, 0.1) is 0 Å². The van der Waals surface area contributed by atoms with Gasteiger partial charge in [0, 0.05) is 17.0 Å². The summed E-state index contributed by atoms with van der Waals surface area (Å²) in [6.07, 6.45) is 12.8. The molecule has 3 aliphatic rings. The van der Waals surface area contributed by atoms with E-state index in [1.807, 2.05) is 0 Å². The predicted molar refractivity (Wildman–Crippen MR) is 101 cm³/mol. The molecule has 2 bridgehead atoms. The molecule has 0 radical (unpaired) electrons. The van der Waals surface area contributed by atoms with Crippen LogP contribution in [-0.2, 0) is 4.79 Å². The molecular formula is C22H37NO. The molecule has 136 valence electrons. The Labute approximate surface area is 149 Å². The van der Waals surface area contributed by atoms with Gasteiger partial charge in [0.2, 0.25) is 5.91 Å². The summed E-state index contributed by atoms with van der Waals surface area (Å²) >= 11 is 0. The van der Waals surface area contributed by atoms with Gasteiger partial charge < -0.3 is 4.90 Å². The van der Waals surface area contributed by atoms with E-state index in [4.69, 9.17) is 0 Å². The summed E-state index contributed by atoms with van der Waals surface area (Å²) in [4.78, 5) is 16.0. The van der Waals surface area contributed by atoms with Gasteiger partial charge in [0.25, 0.3) is 0 Å². The third kappa shape index (κ3) is 3.18. The molecule has 0 aromatic carbocycles. The molecule has 24 heavy (non-hydrogen) atoms. The van der Waals surface area contributed by atoms with Crippen molar-refractivity contribution in [3.8, 4) is 0 Å². The second-order valence-electron chi connectivity index (χ2n) is 10.5. The molecule has 0 saturated heterocycles. The molecule has 3 rings (SSSR count). The van der Waals surface area contributed by atoms with Crippen molar-refractivity contribution < 1.29 is 4.79 Å². The number of hydrogen-bond acceptors (Lipinski definition) is 1. The highest BCUT2D eigenvalue weighted by Crippen LogP contribution is 2.54. The van der Waals surface area contributed by atoms with Crippen LogP contribution in [0.25, 0.3) is 0 Å². The molecular weight excluding hydrogens is 294 g/mol. The topological polar surface area (TPSA) is 20.3 Å². The van der Waals surface area contributed by atoms with Gasteiger partial charge in [-0.15, -0.1) is 0 Å². The fraction of sp³-hybridized carbons (Fsp3) is 0.864. The first-order valence-corrected chi connectivity index (χ1v) is 10.1. The van der Waals surface area contributed by atoms with E-state index in [0.717, 1.165) is 5.92 Å². The Balaban J connectivity index is 1.90. The van der Waals surface area contributed by atoms with Crippen LogP contribution in [0.1, 0.15) is 80.1 Å². The Morgan fingerprint density at radius 3 is 1.96 bits per heavy atom. The average Bonchev–Trinajstić information content (AvgIpc) is 3.05. The minimum absolute atomic E-state index is 0.127. The largest absolute Gasteiger partial charge is 0.333 e. The molecule has 4 atom stereocenters. The summed E-state index contributed by atoms with van der Waals surface area (Å²) < 4.78 is 0. The van der Waals surface area contributed by atoms with Crippen molar-refractivity contribution in [2.45, 2.75) is 91.1 Å². The number of allylic oxidation sites excluding steroid dienone is 2. The monoisotopic (exact) mass is 331 g/mol. The maximum absolute atomic E-state index is 13.8. The third-order valence-corrected chi connectivity index (χ3v) is 6.56. The Morgan fingerprint density at radius 2 is 1.42 bits per heavy atom. The van der Waals surface area contributed by atoms with Crippen LogP contribution in [0.2, 0.25) is 0 Å². The van der Waals surface area contributed by atoms with Crippen molar-refractivity contribution >= 4 is 5.91 Å². The molecule has 0 spiro atoms. The minimum atomic E-state index is -0.127. The molecule has 0 heterocycles. The Morgan fingerprint density at radius 1 is 0.875 bits per heavy atom. The Bertz CT molecular complexity index is 487. The van der Waals surface area contributed by atoms with E-state index in [9.17, 15) is 4.79 Å². The van der Waals surface area contributed by atoms with Gasteiger partial charge in [-0.1, -0.05) is 44.3 Å². The maximum atomic E-state index is 13.8. The van der Waals surface area contributed by atoms with Gasteiger partial charge in [-0.25, -0.2) is 0 Å². The lowest BCUT2D eigenvalue weighted by Gasteiger charge is -2.49. The highest BCUT2D eigenvalue weighted by Gasteiger charge is 2.53. The number of carbonyl (C=O) groups is 1. The lowest BCUT2D eigenvalue weighted by atomic mass is 9.69. The van der Waals surface area contributed by atoms with Crippen molar-refractivity contribution in [3.05, 3.63) is 12.2 Å². The lowest BCUT2D eigenvalue weighted by molar-refractivity contribution is -0.151. The van der Waals surface area contributed by atoms with E-state index < -0.39 is 0 Å². The van der Waals surface area contributed by atoms with Crippen LogP contribution in [-0.4, -0.2) is 21.9 Å². The number of carbonyl (C=O) groups excluding carboxylic acids is 1. The van der Waals surface area contributed by atoms with Crippen molar-refractivity contribution in [2.75, 3.05) is 0 Å². The van der Waals surface area contributed by atoms with Crippen molar-refractivity contribution in [1.82, 2.24) is 4.90 Å². The van der Waals surface area contributed by atoms with E-state index >= 15 is 0 Å². The molecule has 0 aliphatic heterocycles. The first kappa shape index (κ1) is 18.0. The van der Waals surface area contributed by atoms with Crippen LogP contribution in [0.3, 0.4) is 0 Å². The molecule has 0 aromatic heterocycles. The molecule has 2 heteroatoms. The van der Waals surface area contributed by atoms with Gasteiger partial charge in [0.1, 0.15) is 0 Å². The summed E-state index contributed by atoms with van der Waals surface area (Å²) in [6, 6.07) is 0. The molecule has 0 N–H and O–H groups in total. The van der Waals surface area contributed by atoms with Gasteiger partial charge >= 0.3 is 0 Å². The second kappa shape index (κ2) is 6.18. The van der Waals surface area contributed by atoms with Crippen molar-refractivity contribution in [1.29, 1.82) is 0 Å². The van der Waals surface area contributed by atoms with Crippen molar-refractivity contribution in [3.63, 3.8) is 0 Å². The first-order valence-electron chi connectivity index (χ1n) is 10.1. The normalized spacial score (nSPS) is 33.9. The maximum Gasteiger partial charge on any atom is 0.227 e. The SMILES string of the molecule is CC(C)(C)N(C(=O)C1C2C=CC(C2)C1C1CCCCC1)C(C)(C)C. The van der Waals surface area contributed by atoms with Crippen LogP contribution < -0.4 is 0 Å². The van der Waals surface area contributed by atoms with E-state index in [1.165, 1.54) is 38.5 Å². The summed E-state index contributed by atoms with van der Waals surface area (Å²) in [5.74, 6) is 3.16. The molecule has 3 aliphatic carbocycles. The number of hydrogen-bond donors (Lipinski definition) is 0. The van der Waals surface area contributed by atoms with Crippen LogP contribution in [0, 0.1) is 29.6 Å². The molecule has 2 fully saturated rings. The number of fused-ring (bicyclic) bond motifs is 2. The number of nitrogens with zero attached hydrogens (tertiary/aromatic N) is 1. The summed E-state index contributed by atoms with van der Waals surface area (Å²) in [5, 5.41) is 0. The smallest absolute Gasteiger partial charge is 0.227 e. The van der Waals surface area contributed by atoms with Crippen molar-refractivity contribution in [2.24, 2.45) is 29.6 Å². The van der Waals surface area contributed by atoms with E-state index in [1.54, 1.807) is 0 Å². The average molecular weight is 332 g/mol. The highest BCUT2D eigenvalue weighted by molar-refractivity contribution is 5.82. The zero-order valence-electron chi connectivity index (χ0n) is 16.6. The van der Waals surface area contributed by atoms with Gasteiger partial charge in [-0.2, -0.15) is 0 Å². The van der Waals surface area contributed by atoms with Crippen LogP contribution in [0.5, 0.6) is 0 Å². The number of rotatable bonds is 2. The molecule has 1 amide bonds. The number of amides is 1. The Kier molecular flexibility index (Phi) is 4.64. The molecule has 2 saturated carbocycles. The van der Waals surface area contributed by atoms with Crippen LogP contribution in [0.4, 0.5) is 0 Å². The predicted octanol–water partition coefficient (Wildman–Crippen LogP) is 5.43. The van der Waals surface area contributed by atoms with Gasteiger partial charge in [-0.05, 0) is 71.6 Å². The molecule has 2 nitrogen and oxygen atoms in total. The van der Waals surface area contributed by atoms with E-state index in [-0.39, 0.29) is 17.0 Å². The fourth-order valence-electron chi connectivity index (χ4n) is 6.19. The highest BCUT2D eigenvalue weighted by atomic mass is 16.2. The summed E-state index contributed by atoms with van der Waals surface area (Å²) in [7, 11) is 0. The van der Waals surface area contributed by atoms with E-state index in [2.05, 4.69) is 58.6 Å². The zero-order valence-corrected chi connectivity index (χ0v) is 16.6. The lowest BCUT2D eigenvalue weighted by Crippen LogP contribution is -2.59. The van der Waals surface area contributed by atoms with Gasteiger partial charge in [0.15, 0.2) is 0 Å². The standard InChI is InChI=1S/C22H37NO/c1-21(2,3)23(22(4,5)6)20(24)19-17-13-12-16(14-17)18(19)15-10-8-7-9-11-15/h12-13,15-19H,7-11,14H2,1-6H3. The molecule has 4 unspecified atom stereocenters.